The zero-order valence-corrected chi connectivity index (χ0v) is 9.96. The van der Waals surface area contributed by atoms with Crippen molar-refractivity contribution in [1.82, 2.24) is 9.78 Å². The SMILES string of the molecule is OC1CCCC1n1cc(-c2ccc(F)cc2)cn1. The lowest BCUT2D eigenvalue weighted by molar-refractivity contribution is 0.130. The van der Waals surface area contributed by atoms with Gasteiger partial charge in [0, 0.05) is 11.8 Å². The highest BCUT2D eigenvalue weighted by atomic mass is 19.1. The molecule has 0 amide bonds. The average molecular weight is 246 g/mol. The van der Waals surface area contributed by atoms with E-state index in [2.05, 4.69) is 5.10 Å². The molecule has 1 saturated carbocycles. The van der Waals surface area contributed by atoms with Crippen molar-refractivity contribution < 1.29 is 9.50 Å². The van der Waals surface area contributed by atoms with Gasteiger partial charge >= 0.3 is 0 Å². The molecule has 0 aliphatic heterocycles. The van der Waals surface area contributed by atoms with E-state index in [9.17, 15) is 9.50 Å². The van der Waals surface area contributed by atoms with Crippen molar-refractivity contribution in [2.24, 2.45) is 0 Å². The fourth-order valence-corrected chi connectivity index (χ4v) is 2.54. The number of nitrogens with zero attached hydrogens (tertiary/aromatic N) is 2. The van der Waals surface area contributed by atoms with Crippen LogP contribution in [0.2, 0.25) is 0 Å². The molecule has 1 aromatic heterocycles. The highest BCUT2D eigenvalue weighted by molar-refractivity contribution is 5.61. The molecule has 2 unspecified atom stereocenters. The van der Waals surface area contributed by atoms with E-state index in [0.717, 1.165) is 30.4 Å². The van der Waals surface area contributed by atoms with Crippen LogP contribution in [0, 0.1) is 5.82 Å². The number of hydrogen-bond acceptors (Lipinski definition) is 2. The van der Waals surface area contributed by atoms with Crippen molar-refractivity contribution in [3.05, 3.63) is 42.5 Å². The van der Waals surface area contributed by atoms with Crippen LogP contribution >= 0.6 is 0 Å². The Kier molecular flexibility index (Phi) is 2.88. The van der Waals surface area contributed by atoms with Gasteiger partial charge in [0.05, 0.1) is 18.3 Å². The van der Waals surface area contributed by atoms with Crippen molar-refractivity contribution in [2.45, 2.75) is 31.4 Å². The van der Waals surface area contributed by atoms with E-state index in [1.54, 1.807) is 18.3 Å². The third-order valence-electron chi connectivity index (χ3n) is 3.56. The Hall–Kier alpha value is -1.68. The summed E-state index contributed by atoms with van der Waals surface area (Å²) in [4.78, 5) is 0. The third-order valence-corrected chi connectivity index (χ3v) is 3.56. The Morgan fingerprint density at radius 2 is 1.94 bits per heavy atom. The maximum atomic E-state index is 12.9. The predicted octanol–water partition coefficient (Wildman–Crippen LogP) is 2.78. The first-order valence-corrected chi connectivity index (χ1v) is 6.22. The molecule has 0 saturated heterocycles. The van der Waals surface area contributed by atoms with Gasteiger partial charge in [-0.05, 0) is 37.0 Å². The maximum Gasteiger partial charge on any atom is 0.123 e. The molecule has 4 heteroatoms. The van der Waals surface area contributed by atoms with Crippen LogP contribution in [0.4, 0.5) is 4.39 Å². The van der Waals surface area contributed by atoms with Gasteiger partial charge < -0.3 is 5.11 Å². The average Bonchev–Trinajstić information content (AvgIpc) is 2.98. The third kappa shape index (κ3) is 2.04. The van der Waals surface area contributed by atoms with Gasteiger partial charge in [-0.25, -0.2) is 4.39 Å². The molecule has 1 aliphatic carbocycles. The number of benzene rings is 1. The molecule has 3 nitrogen and oxygen atoms in total. The normalized spacial score (nSPS) is 23.4. The quantitative estimate of drug-likeness (QED) is 0.884. The summed E-state index contributed by atoms with van der Waals surface area (Å²) in [5, 5.41) is 14.2. The summed E-state index contributed by atoms with van der Waals surface area (Å²) in [6.45, 7) is 0. The number of rotatable bonds is 2. The van der Waals surface area contributed by atoms with Gasteiger partial charge in [-0.1, -0.05) is 12.1 Å². The summed E-state index contributed by atoms with van der Waals surface area (Å²) in [7, 11) is 0. The number of hydrogen-bond donors (Lipinski definition) is 1. The van der Waals surface area contributed by atoms with Crippen LogP contribution in [-0.2, 0) is 0 Å². The van der Waals surface area contributed by atoms with Gasteiger partial charge in [-0.2, -0.15) is 5.10 Å². The summed E-state index contributed by atoms with van der Waals surface area (Å²) in [5.41, 5.74) is 1.89. The van der Waals surface area contributed by atoms with Gasteiger partial charge in [-0.3, -0.25) is 4.68 Å². The second kappa shape index (κ2) is 4.53. The maximum absolute atomic E-state index is 12.9. The minimum absolute atomic E-state index is 0.0826. The first-order valence-electron chi connectivity index (χ1n) is 6.22. The first-order chi connectivity index (χ1) is 8.74. The van der Waals surface area contributed by atoms with E-state index < -0.39 is 0 Å². The molecule has 1 aromatic carbocycles. The zero-order valence-electron chi connectivity index (χ0n) is 9.96. The molecule has 1 N–H and O–H groups in total. The summed E-state index contributed by atoms with van der Waals surface area (Å²) < 4.78 is 14.7. The molecule has 18 heavy (non-hydrogen) atoms. The second-order valence-corrected chi connectivity index (χ2v) is 4.78. The van der Waals surface area contributed by atoms with E-state index in [0.29, 0.717) is 0 Å². The Labute approximate surface area is 105 Å². The van der Waals surface area contributed by atoms with E-state index in [1.807, 2.05) is 10.9 Å². The molecule has 0 radical (unpaired) electrons. The number of aromatic nitrogens is 2. The molecular formula is C14H15FN2O. The first kappa shape index (κ1) is 11.4. The summed E-state index contributed by atoms with van der Waals surface area (Å²) in [6.07, 6.45) is 6.23. The van der Waals surface area contributed by atoms with Crippen LogP contribution in [0.5, 0.6) is 0 Å². The van der Waals surface area contributed by atoms with Crippen LogP contribution in [0.25, 0.3) is 11.1 Å². The molecule has 0 bridgehead atoms. The fourth-order valence-electron chi connectivity index (χ4n) is 2.54. The minimum atomic E-state index is -0.300. The van der Waals surface area contributed by atoms with E-state index in [4.69, 9.17) is 0 Å². The molecule has 1 fully saturated rings. The highest BCUT2D eigenvalue weighted by Gasteiger charge is 2.27. The van der Waals surface area contributed by atoms with E-state index >= 15 is 0 Å². The van der Waals surface area contributed by atoms with Crippen molar-refractivity contribution >= 4 is 0 Å². The Morgan fingerprint density at radius 1 is 1.17 bits per heavy atom. The van der Waals surface area contributed by atoms with Crippen LogP contribution in [-0.4, -0.2) is 21.0 Å². The lowest BCUT2D eigenvalue weighted by Gasteiger charge is -2.14. The number of halogens is 1. The van der Waals surface area contributed by atoms with Crippen molar-refractivity contribution in [3.63, 3.8) is 0 Å². The Morgan fingerprint density at radius 3 is 2.61 bits per heavy atom. The molecule has 0 spiro atoms. The van der Waals surface area contributed by atoms with E-state index in [1.165, 1.54) is 12.1 Å². The van der Waals surface area contributed by atoms with Crippen molar-refractivity contribution in [1.29, 1.82) is 0 Å². The summed E-state index contributed by atoms with van der Waals surface area (Å²) >= 11 is 0. The Balaban J connectivity index is 1.87. The topological polar surface area (TPSA) is 38.0 Å². The minimum Gasteiger partial charge on any atom is -0.391 e. The highest BCUT2D eigenvalue weighted by Crippen LogP contribution is 2.30. The molecule has 2 aromatic rings. The lowest BCUT2D eigenvalue weighted by atomic mass is 10.1. The molecule has 1 heterocycles. The summed E-state index contributed by atoms with van der Waals surface area (Å²) in [5.74, 6) is -0.239. The molecule has 94 valence electrons. The second-order valence-electron chi connectivity index (χ2n) is 4.78. The molecule has 1 aliphatic rings. The van der Waals surface area contributed by atoms with Gasteiger partial charge in [0.25, 0.3) is 0 Å². The van der Waals surface area contributed by atoms with Crippen LogP contribution in [0.1, 0.15) is 25.3 Å². The molecule has 3 rings (SSSR count). The van der Waals surface area contributed by atoms with E-state index in [-0.39, 0.29) is 18.0 Å². The molecule has 2 atom stereocenters. The van der Waals surface area contributed by atoms with Gasteiger partial charge in [-0.15, -0.1) is 0 Å². The monoisotopic (exact) mass is 246 g/mol. The number of aliphatic hydroxyl groups excluding tert-OH is 1. The van der Waals surface area contributed by atoms with Crippen LogP contribution in [0.15, 0.2) is 36.7 Å². The lowest BCUT2D eigenvalue weighted by Crippen LogP contribution is -2.18. The van der Waals surface area contributed by atoms with Crippen molar-refractivity contribution in [3.8, 4) is 11.1 Å². The van der Waals surface area contributed by atoms with Crippen LogP contribution in [0.3, 0.4) is 0 Å². The predicted molar refractivity (Wildman–Crippen MR) is 66.5 cm³/mol. The van der Waals surface area contributed by atoms with Gasteiger partial charge in [0.15, 0.2) is 0 Å². The van der Waals surface area contributed by atoms with Gasteiger partial charge in [0.1, 0.15) is 5.82 Å². The fraction of sp³-hybridized carbons (Fsp3) is 0.357. The zero-order chi connectivity index (χ0) is 12.5. The van der Waals surface area contributed by atoms with Crippen LogP contribution < -0.4 is 0 Å². The molecular weight excluding hydrogens is 231 g/mol. The summed E-state index contributed by atoms with van der Waals surface area (Å²) in [6, 6.07) is 6.44. The Bertz CT molecular complexity index is 535. The largest absolute Gasteiger partial charge is 0.391 e. The smallest absolute Gasteiger partial charge is 0.123 e. The number of aliphatic hydroxyl groups is 1. The van der Waals surface area contributed by atoms with Gasteiger partial charge in [0.2, 0.25) is 0 Å². The van der Waals surface area contributed by atoms with Crippen molar-refractivity contribution in [2.75, 3.05) is 0 Å². The standard InChI is InChI=1S/C14H15FN2O/c15-12-6-4-10(5-7-12)11-8-16-17(9-11)13-2-1-3-14(13)18/h4-9,13-14,18H,1-3H2.